The van der Waals surface area contributed by atoms with E-state index in [0.717, 1.165) is 0 Å². The number of cyclic esters (lactones) is 1. The van der Waals surface area contributed by atoms with Gasteiger partial charge in [0.05, 0.1) is 66.1 Å². The Hall–Kier alpha value is -1.58. The van der Waals surface area contributed by atoms with Crippen LogP contribution in [-0.2, 0) is 47.5 Å². The number of esters is 1. The molecular weight excluding hydrogens is 760 g/mol. The Labute approximate surface area is 345 Å². The normalized spacial score (nSPS) is 45.8. The number of nitrogens with zero attached hydrogens (tertiary/aromatic N) is 2. The fourth-order valence-electron chi connectivity index (χ4n) is 9.13. The SMILES string of the molecule is CC[C@@]1(O[C@@H]2C[C@@](C)(OC)[C@@H](O)[C@H](C)O2)[C@@H](C)C(=O)OC[C@](C)(O)[C@H](O)[C@@H](C)C(=NOCOCCOC)[C@H](C)C[C@@](C)(O)[C@H](O[C@@H]2O[C@H](C)C[C@H](N(C)C)[C@H]2O)[C@@H]1C. The molecule has 17 atom stereocenters. The van der Waals surface area contributed by atoms with Crippen molar-refractivity contribution in [2.75, 3.05) is 54.9 Å². The summed E-state index contributed by atoms with van der Waals surface area (Å²) in [6.07, 6.45) is -7.30. The number of rotatable bonds is 13. The summed E-state index contributed by atoms with van der Waals surface area (Å²) in [5.74, 6) is -4.20. The lowest BCUT2D eigenvalue weighted by Crippen LogP contribution is -2.64. The van der Waals surface area contributed by atoms with Gasteiger partial charge in [-0.05, 0) is 74.9 Å². The number of carbonyl (C=O) groups is 1. The Bertz CT molecular complexity index is 1320. The van der Waals surface area contributed by atoms with Gasteiger partial charge in [0.15, 0.2) is 12.6 Å². The molecule has 0 aliphatic carbocycles. The van der Waals surface area contributed by atoms with Gasteiger partial charge in [0.2, 0.25) is 6.79 Å². The molecule has 0 amide bonds. The van der Waals surface area contributed by atoms with Crippen molar-refractivity contribution in [3.8, 4) is 0 Å². The average molecular weight is 837 g/mol. The van der Waals surface area contributed by atoms with E-state index in [9.17, 15) is 30.3 Å². The number of hydrogen-bond acceptors (Lipinski definition) is 17. The van der Waals surface area contributed by atoms with E-state index in [-0.39, 0.29) is 44.8 Å². The number of ether oxygens (including phenoxy) is 8. The van der Waals surface area contributed by atoms with Gasteiger partial charge >= 0.3 is 5.97 Å². The summed E-state index contributed by atoms with van der Waals surface area (Å²) in [5, 5.41) is 63.2. The molecule has 3 aliphatic heterocycles. The highest BCUT2D eigenvalue weighted by molar-refractivity contribution is 5.88. The standard InChI is InChI=1S/C41H76N2O15/c1-15-41(58-30-20-40(10,51-14)34(46)28(7)56-30)26(5)35(57-37-32(44)29(43(11)12)18-24(3)55-37)38(8,48)19-23(2)31(42-54-22-52-17-16-50-13)25(4)33(45)39(9,49)21-53-36(47)27(41)6/h23-30,32-35,37,44-46,48-49H,15-22H2,1-14H3/t23-,24-,25+,26+,27+,28+,29+,30-,32-,33-,34+,35-,37+,38-,39+,40-,41+/m1/s1. The van der Waals surface area contributed by atoms with Crippen LogP contribution < -0.4 is 0 Å². The van der Waals surface area contributed by atoms with Gasteiger partial charge in [-0.3, -0.25) is 4.79 Å². The first-order valence-electron chi connectivity index (χ1n) is 20.7. The molecule has 58 heavy (non-hydrogen) atoms. The largest absolute Gasteiger partial charge is 0.462 e. The lowest BCUT2D eigenvalue weighted by Gasteiger charge is -2.53. The zero-order valence-corrected chi connectivity index (χ0v) is 37.4. The molecule has 3 saturated heterocycles. The van der Waals surface area contributed by atoms with Crippen molar-refractivity contribution >= 4 is 11.7 Å². The van der Waals surface area contributed by atoms with Gasteiger partial charge in [0.1, 0.15) is 24.4 Å². The minimum absolute atomic E-state index is 0.0348. The van der Waals surface area contributed by atoms with Crippen molar-refractivity contribution < 1.29 is 73.1 Å². The topological polar surface area (TPSA) is 217 Å². The maximum Gasteiger partial charge on any atom is 0.311 e. The molecule has 0 aromatic rings. The molecule has 0 spiro atoms. The second kappa shape index (κ2) is 21.0. The third kappa shape index (κ3) is 11.7. The third-order valence-corrected chi connectivity index (χ3v) is 12.9. The average Bonchev–Trinajstić information content (AvgIpc) is 3.16. The molecule has 0 bridgehead atoms. The molecule has 0 aromatic heterocycles. The zero-order chi connectivity index (χ0) is 44.0. The molecule has 3 heterocycles. The number of aliphatic hydroxyl groups is 5. The van der Waals surface area contributed by atoms with Crippen molar-refractivity contribution in [2.45, 2.75) is 173 Å². The fraction of sp³-hybridized carbons (Fsp3) is 0.951. The molecule has 3 fully saturated rings. The Balaban J connectivity index is 2.25. The molecule has 17 heteroatoms. The van der Waals surface area contributed by atoms with Crippen LogP contribution in [0.15, 0.2) is 5.16 Å². The van der Waals surface area contributed by atoms with E-state index in [0.29, 0.717) is 18.7 Å². The van der Waals surface area contributed by atoms with Crippen LogP contribution >= 0.6 is 0 Å². The first-order valence-corrected chi connectivity index (χ1v) is 20.7. The van der Waals surface area contributed by atoms with Crippen LogP contribution in [0, 0.1) is 23.7 Å². The highest BCUT2D eigenvalue weighted by Gasteiger charge is 2.58. The molecule has 0 saturated carbocycles. The van der Waals surface area contributed by atoms with Gasteiger partial charge in [-0.2, -0.15) is 0 Å². The number of aliphatic hydroxyl groups excluding tert-OH is 3. The monoisotopic (exact) mass is 837 g/mol. The van der Waals surface area contributed by atoms with Crippen LogP contribution in [0.25, 0.3) is 0 Å². The lowest BCUT2D eigenvalue weighted by atomic mass is 9.68. The van der Waals surface area contributed by atoms with E-state index in [1.165, 1.54) is 14.0 Å². The van der Waals surface area contributed by atoms with Crippen molar-refractivity contribution in [1.82, 2.24) is 4.90 Å². The van der Waals surface area contributed by atoms with Crippen molar-refractivity contribution in [3.05, 3.63) is 0 Å². The molecule has 0 unspecified atom stereocenters. The van der Waals surface area contributed by atoms with Gasteiger partial charge in [0.25, 0.3) is 0 Å². The number of hydrogen-bond donors (Lipinski definition) is 5. The quantitative estimate of drug-likeness (QED) is 0.0778. The summed E-state index contributed by atoms with van der Waals surface area (Å²) in [4.78, 5) is 21.8. The van der Waals surface area contributed by atoms with E-state index in [2.05, 4.69) is 5.16 Å². The second-order valence-electron chi connectivity index (χ2n) is 17.8. The van der Waals surface area contributed by atoms with Crippen molar-refractivity contribution in [2.24, 2.45) is 28.8 Å². The summed E-state index contributed by atoms with van der Waals surface area (Å²) < 4.78 is 48.4. The molecule has 340 valence electrons. The summed E-state index contributed by atoms with van der Waals surface area (Å²) in [7, 11) is 6.77. The third-order valence-electron chi connectivity index (χ3n) is 12.9. The summed E-state index contributed by atoms with van der Waals surface area (Å²) in [5.41, 5.74) is -6.03. The summed E-state index contributed by atoms with van der Waals surface area (Å²) in [6.45, 7) is 16.8. The van der Waals surface area contributed by atoms with E-state index < -0.39 is 102 Å². The number of methoxy groups -OCH3 is 2. The molecule has 0 radical (unpaired) electrons. The fourth-order valence-corrected chi connectivity index (χ4v) is 9.13. The van der Waals surface area contributed by atoms with Crippen LogP contribution in [-0.4, -0.2) is 175 Å². The lowest BCUT2D eigenvalue weighted by molar-refractivity contribution is -0.338. The maximum absolute atomic E-state index is 14.3. The Morgan fingerprint density at radius 1 is 0.914 bits per heavy atom. The van der Waals surface area contributed by atoms with Crippen LogP contribution in [0.3, 0.4) is 0 Å². The summed E-state index contributed by atoms with van der Waals surface area (Å²) in [6, 6.07) is -0.333. The predicted octanol–water partition coefficient (Wildman–Crippen LogP) is 2.21. The smallest absolute Gasteiger partial charge is 0.311 e. The first kappa shape index (κ1) is 50.8. The number of oxime groups is 1. The van der Waals surface area contributed by atoms with Gasteiger partial charge in [-0.25, -0.2) is 0 Å². The van der Waals surface area contributed by atoms with E-state index in [1.54, 1.807) is 48.7 Å². The van der Waals surface area contributed by atoms with Gasteiger partial charge in [-0.1, -0.05) is 32.9 Å². The molecule has 5 N–H and O–H groups in total. The van der Waals surface area contributed by atoms with E-state index >= 15 is 0 Å². The number of carbonyl (C=O) groups excluding carboxylic acids is 1. The Kier molecular flexibility index (Phi) is 18.4. The highest BCUT2D eigenvalue weighted by Crippen LogP contribution is 2.46. The predicted molar refractivity (Wildman–Crippen MR) is 212 cm³/mol. The molecule has 3 rings (SSSR count). The minimum atomic E-state index is -1.95. The van der Waals surface area contributed by atoms with Gasteiger partial charge in [-0.15, -0.1) is 0 Å². The van der Waals surface area contributed by atoms with Gasteiger partial charge in [0, 0.05) is 44.4 Å². The maximum atomic E-state index is 14.3. The van der Waals surface area contributed by atoms with Gasteiger partial charge < -0.3 is 73.2 Å². The Morgan fingerprint density at radius 3 is 2.16 bits per heavy atom. The first-order chi connectivity index (χ1) is 26.9. The summed E-state index contributed by atoms with van der Waals surface area (Å²) >= 11 is 0. The van der Waals surface area contributed by atoms with Crippen molar-refractivity contribution in [1.29, 1.82) is 0 Å². The van der Waals surface area contributed by atoms with Crippen LogP contribution in [0.1, 0.15) is 94.9 Å². The molecular formula is C41H76N2O15. The molecule has 3 aliphatic rings. The highest BCUT2D eigenvalue weighted by atomic mass is 16.7. The van der Waals surface area contributed by atoms with E-state index in [4.69, 9.17) is 42.7 Å². The van der Waals surface area contributed by atoms with Crippen LogP contribution in [0.4, 0.5) is 0 Å². The second-order valence-corrected chi connectivity index (χ2v) is 17.8. The van der Waals surface area contributed by atoms with E-state index in [1.807, 2.05) is 39.8 Å². The molecule has 0 aromatic carbocycles. The number of likely N-dealkylation sites (N-methyl/N-ethyl adjacent to an activating group) is 1. The van der Waals surface area contributed by atoms with Crippen LogP contribution in [0.5, 0.6) is 0 Å². The zero-order valence-electron chi connectivity index (χ0n) is 37.4. The van der Waals surface area contributed by atoms with Crippen molar-refractivity contribution in [3.63, 3.8) is 0 Å². The van der Waals surface area contributed by atoms with Crippen LogP contribution in [0.2, 0.25) is 0 Å². The Morgan fingerprint density at radius 2 is 1.57 bits per heavy atom. The molecule has 17 nitrogen and oxygen atoms in total. The minimum Gasteiger partial charge on any atom is -0.462 e.